The molecule has 0 heterocycles. The smallest absolute Gasteiger partial charge is 0.101 e. The maximum atomic E-state index is 8.39. The molecule has 0 aromatic carbocycles. The van der Waals surface area contributed by atoms with Crippen LogP contribution in [-0.4, -0.2) is 55.6 Å². The number of nitrogens with zero attached hydrogens (tertiary/aromatic N) is 1. The van der Waals surface area contributed by atoms with Crippen LogP contribution in [0.3, 0.4) is 0 Å². The molecule has 0 aliphatic heterocycles. The first-order valence-corrected chi connectivity index (χ1v) is 4.35. The predicted octanol–water partition coefficient (Wildman–Crippen LogP) is -2.68. The molecule has 0 rings (SSSR count). The van der Waals surface area contributed by atoms with Gasteiger partial charge in [-0.05, 0) is 5.92 Å². The molecule has 0 bridgehead atoms. The molecule has 0 saturated heterocycles. The number of halogens is 1. The summed E-state index contributed by atoms with van der Waals surface area (Å²) >= 11 is 0. The number of rotatable bonds is 3. The van der Waals surface area contributed by atoms with Gasteiger partial charge < -0.3 is 27.1 Å². The van der Waals surface area contributed by atoms with E-state index in [1.807, 2.05) is 13.8 Å². The van der Waals surface area contributed by atoms with Gasteiger partial charge in [0.2, 0.25) is 0 Å². The van der Waals surface area contributed by atoms with E-state index in [1.165, 1.54) is 0 Å². The van der Waals surface area contributed by atoms with Crippen LogP contribution in [0.15, 0.2) is 0 Å². The van der Waals surface area contributed by atoms with Crippen molar-refractivity contribution in [2.45, 2.75) is 13.8 Å². The van der Waals surface area contributed by atoms with Gasteiger partial charge in [-0.25, -0.2) is 0 Å². The van der Waals surface area contributed by atoms with Gasteiger partial charge in [-0.2, -0.15) is 0 Å². The Hall–Kier alpha value is 0.170. The van der Waals surface area contributed by atoms with Crippen molar-refractivity contribution in [1.29, 1.82) is 0 Å². The number of aliphatic hydroxyl groups is 2. The molecular formula is C9H24ClNO2. The summed E-state index contributed by atoms with van der Waals surface area (Å²) in [6.45, 7) is 5.36. The van der Waals surface area contributed by atoms with Gasteiger partial charge in [-0.1, -0.05) is 13.8 Å². The predicted molar refractivity (Wildman–Crippen MR) is 51.9 cm³/mol. The normalized spacial score (nSPS) is 10.2. The van der Waals surface area contributed by atoms with Crippen LogP contribution >= 0.6 is 0 Å². The Morgan fingerprint density at radius 3 is 1.38 bits per heavy atom. The first-order valence-electron chi connectivity index (χ1n) is 4.35. The van der Waals surface area contributed by atoms with Crippen LogP contribution in [0.2, 0.25) is 0 Å². The summed E-state index contributed by atoms with van der Waals surface area (Å²) in [5, 5.41) is 16.5. The highest BCUT2D eigenvalue weighted by atomic mass is 35.5. The number of likely N-dealkylation sites (N-methyl/N-ethyl adjacent to an activating group) is 1. The fraction of sp³-hybridized carbons (Fsp3) is 1.00. The Kier molecular flexibility index (Phi) is 14.9. The molecule has 0 radical (unpaired) electrons. The van der Waals surface area contributed by atoms with Crippen LogP contribution in [0.25, 0.3) is 0 Å². The molecule has 84 valence electrons. The molecule has 3 nitrogen and oxygen atoms in total. The molecule has 0 spiro atoms. The second-order valence-electron chi connectivity index (χ2n) is 4.31. The van der Waals surface area contributed by atoms with E-state index in [2.05, 4.69) is 21.1 Å². The van der Waals surface area contributed by atoms with E-state index < -0.39 is 0 Å². The van der Waals surface area contributed by atoms with Crippen molar-refractivity contribution < 1.29 is 27.1 Å². The molecule has 0 unspecified atom stereocenters. The Morgan fingerprint density at radius 1 is 1.08 bits per heavy atom. The van der Waals surface area contributed by atoms with Crippen LogP contribution in [-0.2, 0) is 0 Å². The first-order chi connectivity index (χ1) is 5.33. The van der Waals surface area contributed by atoms with Crippen molar-refractivity contribution in [1.82, 2.24) is 0 Å². The Bertz CT molecular complexity index is 92.1. The third-order valence-corrected chi connectivity index (χ3v) is 1.14. The van der Waals surface area contributed by atoms with E-state index in [0.717, 1.165) is 11.0 Å². The van der Waals surface area contributed by atoms with Crippen LogP contribution in [0.4, 0.5) is 0 Å². The topological polar surface area (TPSA) is 40.5 Å². The molecule has 2 N–H and O–H groups in total. The number of hydrogen-bond acceptors (Lipinski definition) is 2. The Balaban J connectivity index is -0.000000150. The molecule has 0 aliphatic carbocycles. The molecular weight excluding hydrogens is 190 g/mol. The fourth-order valence-electron chi connectivity index (χ4n) is 0.300. The molecule has 0 aromatic rings. The third-order valence-electron chi connectivity index (χ3n) is 1.14. The fourth-order valence-corrected chi connectivity index (χ4v) is 0.300. The lowest BCUT2D eigenvalue weighted by atomic mass is 10.2. The quantitative estimate of drug-likeness (QED) is 0.502. The van der Waals surface area contributed by atoms with Gasteiger partial charge in [0.1, 0.15) is 6.54 Å². The SMILES string of the molecule is CC(C)CO.C[N+](C)(C)CCO.[Cl-]. The Morgan fingerprint density at radius 2 is 1.38 bits per heavy atom. The van der Waals surface area contributed by atoms with Crippen LogP contribution < -0.4 is 12.4 Å². The van der Waals surface area contributed by atoms with E-state index in [9.17, 15) is 0 Å². The second kappa shape index (κ2) is 10.3. The summed E-state index contributed by atoms with van der Waals surface area (Å²) < 4.78 is 0.844. The summed E-state index contributed by atoms with van der Waals surface area (Å²) in [6, 6.07) is 0. The molecule has 0 atom stereocenters. The van der Waals surface area contributed by atoms with Gasteiger partial charge >= 0.3 is 0 Å². The molecule has 0 amide bonds. The minimum atomic E-state index is 0. The van der Waals surface area contributed by atoms with Crippen molar-refractivity contribution in [3.05, 3.63) is 0 Å². The highest BCUT2D eigenvalue weighted by molar-refractivity contribution is 4.32. The summed E-state index contributed by atoms with van der Waals surface area (Å²) in [4.78, 5) is 0. The summed E-state index contributed by atoms with van der Waals surface area (Å²) in [7, 11) is 6.16. The van der Waals surface area contributed by atoms with Gasteiger partial charge in [0.25, 0.3) is 0 Å². The largest absolute Gasteiger partial charge is 1.00 e. The Labute approximate surface area is 88.4 Å². The minimum absolute atomic E-state index is 0. The number of quaternary nitrogens is 1. The molecule has 0 fully saturated rings. The molecule has 0 aromatic heterocycles. The van der Waals surface area contributed by atoms with Gasteiger partial charge in [-0.15, -0.1) is 0 Å². The van der Waals surface area contributed by atoms with E-state index in [-0.39, 0.29) is 19.0 Å². The number of aliphatic hydroxyl groups excluding tert-OH is 2. The highest BCUT2D eigenvalue weighted by Gasteiger charge is 2.02. The van der Waals surface area contributed by atoms with Crippen molar-refractivity contribution in [2.24, 2.45) is 5.92 Å². The van der Waals surface area contributed by atoms with Crippen molar-refractivity contribution in [3.8, 4) is 0 Å². The zero-order valence-corrected chi connectivity index (χ0v) is 10.2. The summed E-state index contributed by atoms with van der Waals surface area (Å²) in [6.07, 6.45) is 0. The lowest BCUT2D eigenvalue weighted by Crippen LogP contribution is -3.00. The minimum Gasteiger partial charge on any atom is -1.00 e. The second-order valence-corrected chi connectivity index (χ2v) is 4.31. The standard InChI is InChI=1S/C5H14NO.C4H10O.ClH/c1-6(2,3)4-5-7;1-4(2)3-5;/h7H,4-5H2,1-3H3;4-5H,3H2,1-2H3;1H/q+1;;/p-1. The van der Waals surface area contributed by atoms with Gasteiger partial charge in [0, 0.05) is 6.61 Å². The lowest BCUT2D eigenvalue weighted by molar-refractivity contribution is -0.870. The van der Waals surface area contributed by atoms with E-state index in [0.29, 0.717) is 12.5 Å². The molecule has 4 heteroatoms. The summed E-state index contributed by atoms with van der Waals surface area (Å²) in [5.41, 5.74) is 0. The number of hydrogen-bond donors (Lipinski definition) is 2. The maximum absolute atomic E-state index is 8.39. The zero-order chi connectivity index (χ0) is 10.2. The molecule has 13 heavy (non-hydrogen) atoms. The summed E-state index contributed by atoms with van der Waals surface area (Å²) in [5.74, 6) is 0.440. The van der Waals surface area contributed by atoms with E-state index in [4.69, 9.17) is 10.2 Å². The van der Waals surface area contributed by atoms with Crippen LogP contribution in [0, 0.1) is 5.92 Å². The monoisotopic (exact) mass is 213 g/mol. The average molecular weight is 214 g/mol. The van der Waals surface area contributed by atoms with Crippen LogP contribution in [0.5, 0.6) is 0 Å². The van der Waals surface area contributed by atoms with Crippen molar-refractivity contribution in [3.63, 3.8) is 0 Å². The van der Waals surface area contributed by atoms with Crippen molar-refractivity contribution >= 4 is 0 Å². The van der Waals surface area contributed by atoms with Gasteiger partial charge in [0.15, 0.2) is 0 Å². The molecule has 0 saturated carbocycles. The van der Waals surface area contributed by atoms with Gasteiger partial charge in [0.05, 0.1) is 27.7 Å². The molecule has 0 aliphatic rings. The average Bonchev–Trinajstić information content (AvgIpc) is 1.86. The van der Waals surface area contributed by atoms with E-state index >= 15 is 0 Å². The van der Waals surface area contributed by atoms with Gasteiger partial charge in [-0.3, -0.25) is 0 Å². The lowest BCUT2D eigenvalue weighted by Gasteiger charge is -2.21. The third kappa shape index (κ3) is 33.1. The maximum Gasteiger partial charge on any atom is 0.101 e. The zero-order valence-electron chi connectivity index (χ0n) is 9.42. The van der Waals surface area contributed by atoms with Crippen molar-refractivity contribution in [2.75, 3.05) is 40.9 Å². The van der Waals surface area contributed by atoms with E-state index in [1.54, 1.807) is 0 Å². The first kappa shape index (κ1) is 18.9. The van der Waals surface area contributed by atoms with Crippen LogP contribution in [0.1, 0.15) is 13.8 Å². The highest BCUT2D eigenvalue weighted by Crippen LogP contribution is 1.84.